The second kappa shape index (κ2) is 31.3. The van der Waals surface area contributed by atoms with Gasteiger partial charge in [-0.1, -0.05) is 53.2 Å². The van der Waals surface area contributed by atoms with Crippen molar-refractivity contribution in [3.8, 4) is 0 Å². The molecule has 0 bridgehead atoms. The van der Waals surface area contributed by atoms with E-state index in [2.05, 4.69) is 40.7 Å². The highest BCUT2D eigenvalue weighted by molar-refractivity contribution is 5.79. The van der Waals surface area contributed by atoms with Crippen LogP contribution in [0, 0.1) is 50.2 Å². The highest BCUT2D eigenvalue weighted by Crippen LogP contribution is 2.76. The lowest BCUT2D eigenvalue weighted by molar-refractivity contribution is -0.383. The zero-order chi connectivity index (χ0) is 76.4. The molecule has 0 aromatic heterocycles. The molecule has 7 saturated heterocycles. The molecule has 105 heavy (non-hydrogen) atoms. The molecular weight excluding hydrogens is 1400 g/mol. The van der Waals surface area contributed by atoms with Crippen LogP contribution >= 0.6 is 0 Å². The lowest BCUT2D eigenvalue weighted by Crippen LogP contribution is -2.67. The zero-order valence-corrected chi connectivity index (χ0v) is 60.3. The summed E-state index contributed by atoms with van der Waals surface area (Å²) < 4.78 is 82.9. The molecule has 0 aromatic carbocycles. The van der Waals surface area contributed by atoms with E-state index < -0.39 is 270 Å². The number of esters is 1. The molecule has 42 atom stereocenters. The van der Waals surface area contributed by atoms with Gasteiger partial charge in [0.15, 0.2) is 37.7 Å². The zero-order valence-electron chi connectivity index (χ0n) is 60.3. The lowest BCUT2D eigenvalue weighted by atomic mass is 9.33. The molecule has 0 spiro atoms. The van der Waals surface area contributed by atoms with E-state index in [1.807, 2.05) is 6.92 Å². The average Bonchev–Trinajstić information content (AvgIpc) is 0.674. The SMILES string of the molecule is CC1OC(OC2C(CO)OC(OCC3OC(OC(=O)C45CCC(C)(C)CC4C4=CCC6C7(C)CCC(OC8OCC(O)C(O)C8OC8OC(C)C(O)C(OC9OCC(OC%10OC(CO)C(O)C(O)C%10O)C(O)C9O)C8O)C(C)(CO)C7CCC6(C)C4(C)CC5)C(O)C(O)C3O)C(O)C2O)C(O)C(O)C1O. The van der Waals surface area contributed by atoms with Gasteiger partial charge >= 0.3 is 5.97 Å². The van der Waals surface area contributed by atoms with Crippen molar-refractivity contribution in [1.29, 1.82) is 0 Å². The second-order valence-corrected chi connectivity index (χ2v) is 33.6. The molecule has 4 saturated carbocycles. The highest BCUT2D eigenvalue weighted by Gasteiger charge is 2.71. The van der Waals surface area contributed by atoms with Crippen molar-refractivity contribution in [2.45, 2.75) is 328 Å². The number of carbonyl (C=O) groups excluding carboxylic acids is 1. The van der Waals surface area contributed by atoms with Crippen LogP contribution in [0.2, 0.25) is 0 Å². The van der Waals surface area contributed by atoms with Gasteiger partial charge in [-0.2, -0.15) is 0 Å². The van der Waals surface area contributed by atoms with Gasteiger partial charge in [0.25, 0.3) is 0 Å². The first-order valence-electron chi connectivity index (χ1n) is 37.1. The Morgan fingerprint density at radius 3 is 1.69 bits per heavy atom. The van der Waals surface area contributed by atoms with Gasteiger partial charge in [-0.05, 0) is 117 Å². The molecule has 0 amide bonds. The van der Waals surface area contributed by atoms with Crippen molar-refractivity contribution in [2.75, 3.05) is 39.6 Å². The first-order valence-corrected chi connectivity index (χ1v) is 37.1. The minimum atomic E-state index is -1.94. The third kappa shape index (κ3) is 14.5. The molecule has 35 nitrogen and oxygen atoms in total. The number of aliphatic hydroxyl groups is 20. The molecule has 11 fully saturated rings. The summed E-state index contributed by atoms with van der Waals surface area (Å²) in [6.45, 7) is 12.5. The van der Waals surface area contributed by atoms with Gasteiger partial charge in [0, 0.05) is 5.41 Å². The summed E-state index contributed by atoms with van der Waals surface area (Å²) in [5, 5.41) is 219. The first kappa shape index (κ1) is 82.4. The van der Waals surface area contributed by atoms with Gasteiger partial charge in [-0.25, -0.2) is 0 Å². The minimum Gasteiger partial charge on any atom is -0.432 e. The van der Waals surface area contributed by atoms with Crippen LogP contribution < -0.4 is 0 Å². The molecule has 7 heterocycles. The summed E-state index contributed by atoms with van der Waals surface area (Å²) in [7, 11) is 0. The molecule has 12 rings (SSSR count). The summed E-state index contributed by atoms with van der Waals surface area (Å²) in [5.74, 6) is -1.13. The van der Waals surface area contributed by atoms with Crippen LogP contribution in [-0.4, -0.2) is 357 Å². The van der Waals surface area contributed by atoms with E-state index in [9.17, 15) is 102 Å². The Morgan fingerprint density at radius 2 is 1.02 bits per heavy atom. The standard InChI is InChI=1S/C70H114O35/c1-26-38(75)44(81)49(86)59(95-26)102-54-32(21-72)98-57(52(89)47(54)84)93-23-33-42(79)46(83)51(88)61(100-33)105-64(91)70-17-15-65(3,4)19-29(70)28-9-10-36-66(5)13-12-37(67(6,25-73)35(66)11-14-69(36,8)68(28,7)16-18-70)101-63-56(40(77)30(74)22-92-63)104-62-53(90)55(39(76)27(2)96-62)103-58-48(85)43(80)34(24-94-58)99-60-50(87)45(82)41(78)31(20-71)97-60/h9,26-27,29-63,71-90H,10-25H2,1-8H3. The van der Waals surface area contributed by atoms with Crippen LogP contribution in [0.5, 0.6) is 0 Å². The van der Waals surface area contributed by atoms with Gasteiger partial charge in [0.2, 0.25) is 6.29 Å². The van der Waals surface area contributed by atoms with Crippen molar-refractivity contribution in [2.24, 2.45) is 50.2 Å². The van der Waals surface area contributed by atoms with Gasteiger partial charge in [-0.15, -0.1) is 0 Å². The second-order valence-electron chi connectivity index (χ2n) is 33.6. The van der Waals surface area contributed by atoms with E-state index in [4.69, 9.17) is 66.3 Å². The summed E-state index contributed by atoms with van der Waals surface area (Å²) in [6, 6.07) is 0. The van der Waals surface area contributed by atoms with Crippen molar-refractivity contribution in [3.05, 3.63) is 11.6 Å². The number of carbonyl (C=O) groups is 1. The average molecular weight is 1520 g/mol. The topological polar surface area (TPSA) is 551 Å². The molecule has 5 aliphatic carbocycles. The fraction of sp³-hybridized carbons (Fsp3) is 0.957. The number of ether oxygens (including phenoxy) is 14. The van der Waals surface area contributed by atoms with Crippen molar-refractivity contribution >= 4 is 5.97 Å². The Labute approximate surface area is 607 Å². The Morgan fingerprint density at radius 1 is 0.467 bits per heavy atom. The number of allylic oxidation sites excluding steroid dienone is 2. The summed E-state index contributed by atoms with van der Waals surface area (Å²) in [4.78, 5) is 15.4. The molecule has 35 heteroatoms. The van der Waals surface area contributed by atoms with Crippen LogP contribution in [0.1, 0.15) is 120 Å². The van der Waals surface area contributed by atoms with Crippen LogP contribution in [0.4, 0.5) is 0 Å². The fourth-order valence-electron chi connectivity index (χ4n) is 20.2. The maximum atomic E-state index is 15.4. The number of rotatable bonds is 18. The first-order chi connectivity index (χ1) is 49.3. The molecular formula is C70H114O35. The van der Waals surface area contributed by atoms with Crippen LogP contribution in [0.3, 0.4) is 0 Å². The predicted molar refractivity (Wildman–Crippen MR) is 347 cm³/mol. The van der Waals surface area contributed by atoms with E-state index in [-0.39, 0.29) is 35.2 Å². The third-order valence-corrected chi connectivity index (χ3v) is 27.0. The summed E-state index contributed by atoms with van der Waals surface area (Å²) in [6.07, 6.45) is -47.7. The maximum absolute atomic E-state index is 15.4. The van der Waals surface area contributed by atoms with E-state index in [0.717, 1.165) is 5.57 Å². The number of aliphatic hydroxyl groups excluding tert-OH is 20. The quantitative estimate of drug-likeness (QED) is 0.0345. The Kier molecular flexibility index (Phi) is 24.6. The highest BCUT2D eigenvalue weighted by atomic mass is 16.8. The molecule has 42 unspecified atom stereocenters. The van der Waals surface area contributed by atoms with Gasteiger partial charge < -0.3 is 168 Å². The van der Waals surface area contributed by atoms with Gasteiger partial charge in [0.05, 0.1) is 63.4 Å². The monoisotopic (exact) mass is 1510 g/mol. The molecule has 604 valence electrons. The van der Waals surface area contributed by atoms with Crippen molar-refractivity contribution in [1.82, 2.24) is 0 Å². The Hall–Kier alpha value is -2.11. The van der Waals surface area contributed by atoms with Crippen LogP contribution in [0.25, 0.3) is 0 Å². The molecule has 7 aliphatic heterocycles. The molecule has 0 radical (unpaired) electrons. The molecule has 0 aromatic rings. The van der Waals surface area contributed by atoms with E-state index in [1.165, 1.54) is 13.8 Å². The van der Waals surface area contributed by atoms with Gasteiger partial charge in [-0.3, -0.25) is 4.79 Å². The predicted octanol–water partition coefficient (Wildman–Crippen LogP) is -6.26. The van der Waals surface area contributed by atoms with Crippen molar-refractivity contribution < 1.29 is 173 Å². The van der Waals surface area contributed by atoms with E-state index >= 15 is 4.79 Å². The Bertz CT molecular complexity index is 2970. The van der Waals surface area contributed by atoms with E-state index in [0.29, 0.717) is 64.2 Å². The molecule has 20 N–H and O–H groups in total. The number of fused-ring (bicyclic) bond motifs is 7. The summed E-state index contributed by atoms with van der Waals surface area (Å²) >= 11 is 0. The Balaban J connectivity index is 0.704. The molecule has 12 aliphatic rings. The number of hydrogen-bond acceptors (Lipinski definition) is 35. The van der Waals surface area contributed by atoms with Crippen LogP contribution in [-0.2, 0) is 71.1 Å². The normalized spacial score (nSPS) is 55.2. The van der Waals surface area contributed by atoms with Crippen molar-refractivity contribution in [3.63, 3.8) is 0 Å². The fourth-order valence-corrected chi connectivity index (χ4v) is 20.2. The lowest BCUT2D eigenvalue weighted by Gasteiger charge is -2.71. The van der Waals surface area contributed by atoms with E-state index in [1.54, 1.807) is 0 Å². The summed E-state index contributed by atoms with van der Waals surface area (Å²) in [5.41, 5.74) is -2.45. The smallest absolute Gasteiger partial charge is 0.315 e. The largest absolute Gasteiger partial charge is 0.432 e. The van der Waals surface area contributed by atoms with Gasteiger partial charge in [0.1, 0.15) is 146 Å². The van der Waals surface area contributed by atoms with Crippen LogP contribution in [0.15, 0.2) is 11.6 Å². The minimum absolute atomic E-state index is 0.0388. The third-order valence-electron chi connectivity index (χ3n) is 27.0. The maximum Gasteiger partial charge on any atom is 0.315 e. The number of hydrogen-bond donors (Lipinski definition) is 20.